The van der Waals surface area contributed by atoms with Gasteiger partial charge in [0.15, 0.2) is 5.69 Å². The second-order valence-corrected chi connectivity index (χ2v) is 4.64. The average Bonchev–Trinajstić information content (AvgIpc) is 3.13. The minimum absolute atomic E-state index is 0.202. The van der Waals surface area contributed by atoms with Crippen LogP contribution in [-0.4, -0.2) is 18.1 Å². The van der Waals surface area contributed by atoms with Crippen LogP contribution in [0.15, 0.2) is 10.5 Å². The largest absolute Gasteiger partial charge is 0.464 e. The molecule has 1 saturated carbocycles. The first-order valence-corrected chi connectivity index (χ1v) is 5.97. The molecule has 17 heavy (non-hydrogen) atoms. The van der Waals surface area contributed by atoms with Crippen LogP contribution < -0.4 is 5.73 Å². The number of halogens is 1. The Bertz CT molecular complexity index is 527. The van der Waals surface area contributed by atoms with Crippen LogP contribution >= 0.6 is 15.9 Å². The van der Waals surface area contributed by atoms with Crippen molar-refractivity contribution in [3.05, 3.63) is 21.9 Å². The van der Waals surface area contributed by atoms with Crippen molar-refractivity contribution in [3.63, 3.8) is 0 Å². The smallest absolute Gasteiger partial charge is 0.356 e. The molecule has 0 saturated heterocycles. The summed E-state index contributed by atoms with van der Waals surface area (Å²) in [6.07, 6.45) is 2.26. The molecule has 2 rings (SSSR count). The molecule has 0 radical (unpaired) electrons. The van der Waals surface area contributed by atoms with E-state index in [9.17, 15) is 4.79 Å². The van der Waals surface area contributed by atoms with E-state index in [-0.39, 0.29) is 5.69 Å². The van der Waals surface area contributed by atoms with Crippen molar-refractivity contribution in [1.29, 1.82) is 0 Å². The summed E-state index contributed by atoms with van der Waals surface area (Å²) in [4.78, 5) is 15.5. The summed E-state index contributed by atoms with van der Waals surface area (Å²) in [5.41, 5.74) is 6.91. The molecule has 0 bridgehead atoms. The third-order valence-corrected chi connectivity index (χ3v) is 3.03. The Morgan fingerprint density at radius 1 is 1.65 bits per heavy atom. The number of rotatable bonds is 1. The van der Waals surface area contributed by atoms with Gasteiger partial charge in [0.2, 0.25) is 0 Å². The van der Waals surface area contributed by atoms with E-state index in [0.29, 0.717) is 21.8 Å². The zero-order chi connectivity index (χ0) is 12.4. The number of pyridine rings is 1. The van der Waals surface area contributed by atoms with Crippen molar-refractivity contribution in [3.8, 4) is 11.8 Å². The van der Waals surface area contributed by atoms with Crippen LogP contribution in [0.2, 0.25) is 0 Å². The third kappa shape index (κ3) is 2.77. The molecule has 1 aromatic rings. The van der Waals surface area contributed by atoms with Gasteiger partial charge in [-0.05, 0) is 40.8 Å². The summed E-state index contributed by atoms with van der Waals surface area (Å²) >= 11 is 3.28. The summed E-state index contributed by atoms with van der Waals surface area (Å²) < 4.78 is 5.22. The lowest BCUT2D eigenvalue weighted by Gasteiger charge is -2.04. The van der Waals surface area contributed by atoms with Gasteiger partial charge in [0.05, 0.1) is 12.8 Å². The van der Waals surface area contributed by atoms with Crippen LogP contribution in [0.1, 0.15) is 29.0 Å². The van der Waals surface area contributed by atoms with Crippen molar-refractivity contribution in [2.24, 2.45) is 5.92 Å². The zero-order valence-electron chi connectivity index (χ0n) is 9.29. The molecule has 1 heterocycles. The molecule has 1 aliphatic carbocycles. The summed E-state index contributed by atoms with van der Waals surface area (Å²) in [5.74, 6) is 5.93. The van der Waals surface area contributed by atoms with Crippen LogP contribution in [0, 0.1) is 17.8 Å². The predicted octanol–water partition coefficient (Wildman–Crippen LogP) is 1.97. The molecule has 5 heteroatoms. The van der Waals surface area contributed by atoms with E-state index >= 15 is 0 Å². The van der Waals surface area contributed by atoms with Gasteiger partial charge in [-0.15, -0.1) is 0 Å². The van der Waals surface area contributed by atoms with Gasteiger partial charge in [0.25, 0.3) is 0 Å². The van der Waals surface area contributed by atoms with Gasteiger partial charge in [0, 0.05) is 10.4 Å². The number of anilines is 1. The lowest BCUT2D eigenvalue weighted by Crippen LogP contribution is -2.07. The van der Waals surface area contributed by atoms with Gasteiger partial charge in [-0.1, -0.05) is 5.92 Å². The Balaban J connectivity index is 2.39. The first kappa shape index (κ1) is 11.9. The highest BCUT2D eigenvalue weighted by molar-refractivity contribution is 9.10. The van der Waals surface area contributed by atoms with Crippen molar-refractivity contribution >= 4 is 27.6 Å². The Kier molecular flexibility index (Phi) is 3.34. The number of hydrogen-bond acceptors (Lipinski definition) is 4. The number of methoxy groups -OCH3 is 1. The van der Waals surface area contributed by atoms with E-state index in [1.807, 2.05) is 0 Å². The molecule has 0 unspecified atom stereocenters. The molecular weight excluding hydrogens is 284 g/mol. The Morgan fingerprint density at radius 2 is 2.35 bits per heavy atom. The summed E-state index contributed by atoms with van der Waals surface area (Å²) in [5, 5.41) is 0. The quantitative estimate of drug-likeness (QED) is 0.635. The van der Waals surface area contributed by atoms with E-state index < -0.39 is 5.97 Å². The topological polar surface area (TPSA) is 65.2 Å². The van der Waals surface area contributed by atoms with Gasteiger partial charge in [-0.25, -0.2) is 9.78 Å². The minimum Gasteiger partial charge on any atom is -0.464 e. The first-order valence-electron chi connectivity index (χ1n) is 5.17. The Labute approximate surface area is 108 Å². The van der Waals surface area contributed by atoms with E-state index in [1.165, 1.54) is 13.2 Å². The molecule has 0 aromatic carbocycles. The molecule has 1 aliphatic rings. The highest BCUT2D eigenvalue weighted by Crippen LogP contribution is 2.28. The molecule has 88 valence electrons. The van der Waals surface area contributed by atoms with Gasteiger partial charge >= 0.3 is 5.97 Å². The van der Waals surface area contributed by atoms with Crippen LogP contribution in [0.5, 0.6) is 0 Å². The van der Waals surface area contributed by atoms with Gasteiger partial charge in [-0.3, -0.25) is 0 Å². The highest BCUT2D eigenvalue weighted by Gasteiger charge is 2.18. The summed E-state index contributed by atoms with van der Waals surface area (Å²) in [7, 11) is 1.31. The summed E-state index contributed by atoms with van der Waals surface area (Å²) in [6.45, 7) is 0. The molecule has 0 spiro atoms. The van der Waals surface area contributed by atoms with Crippen molar-refractivity contribution < 1.29 is 9.53 Å². The fourth-order valence-corrected chi connectivity index (χ4v) is 1.63. The lowest BCUT2D eigenvalue weighted by molar-refractivity contribution is 0.0594. The highest BCUT2D eigenvalue weighted by atomic mass is 79.9. The number of carbonyl (C=O) groups is 1. The number of nitrogens with zero attached hydrogens (tertiary/aromatic N) is 1. The molecule has 4 nitrogen and oxygen atoms in total. The second kappa shape index (κ2) is 4.76. The Morgan fingerprint density at radius 3 is 2.94 bits per heavy atom. The number of hydrogen-bond donors (Lipinski definition) is 1. The number of nitrogens with two attached hydrogens (primary N) is 1. The number of ether oxygens (including phenoxy) is 1. The maximum absolute atomic E-state index is 11.4. The zero-order valence-corrected chi connectivity index (χ0v) is 10.9. The molecule has 0 aliphatic heterocycles. The molecule has 1 fully saturated rings. The first-order chi connectivity index (χ1) is 8.11. The summed E-state index contributed by atoms with van der Waals surface area (Å²) in [6, 6.07) is 1.53. The molecule has 2 N–H and O–H groups in total. The van der Waals surface area contributed by atoms with E-state index in [0.717, 1.165) is 12.8 Å². The second-order valence-electron chi connectivity index (χ2n) is 3.79. The molecule has 0 amide bonds. The molecule has 1 aromatic heterocycles. The third-order valence-electron chi connectivity index (χ3n) is 2.37. The fourth-order valence-electron chi connectivity index (χ4n) is 1.23. The monoisotopic (exact) mass is 294 g/mol. The van der Waals surface area contributed by atoms with E-state index in [1.54, 1.807) is 0 Å². The fraction of sp³-hybridized carbons (Fsp3) is 0.333. The van der Waals surface area contributed by atoms with E-state index in [2.05, 4.69) is 37.5 Å². The number of aromatic nitrogens is 1. The van der Waals surface area contributed by atoms with Crippen LogP contribution in [-0.2, 0) is 4.74 Å². The van der Waals surface area contributed by atoms with Crippen LogP contribution in [0.4, 0.5) is 5.69 Å². The predicted molar refractivity (Wildman–Crippen MR) is 67.3 cm³/mol. The Hall–Kier alpha value is -1.54. The number of nitrogen functional groups attached to an aromatic ring is 1. The van der Waals surface area contributed by atoms with Gasteiger partial charge in [-0.2, -0.15) is 0 Å². The van der Waals surface area contributed by atoms with Crippen LogP contribution in [0.25, 0.3) is 0 Å². The number of carbonyl (C=O) groups excluding carboxylic acids is 1. The maximum Gasteiger partial charge on any atom is 0.356 e. The molecular formula is C12H11BrN2O2. The SMILES string of the molecule is COC(=O)c1cc(Br)c(N)c(C#CC2CC2)n1. The minimum atomic E-state index is -0.500. The molecule has 0 atom stereocenters. The van der Waals surface area contributed by atoms with Gasteiger partial charge in [0.1, 0.15) is 5.69 Å². The van der Waals surface area contributed by atoms with Gasteiger partial charge < -0.3 is 10.5 Å². The van der Waals surface area contributed by atoms with Crippen LogP contribution in [0.3, 0.4) is 0 Å². The van der Waals surface area contributed by atoms with E-state index in [4.69, 9.17) is 5.73 Å². The standard InChI is InChI=1S/C12H11BrN2O2/c1-17-12(16)10-6-8(13)11(14)9(15-10)5-4-7-2-3-7/h6-7H,2-3,14H2,1H3. The normalized spacial score (nSPS) is 13.8. The van der Waals surface area contributed by atoms with Crippen molar-refractivity contribution in [2.75, 3.05) is 12.8 Å². The lowest BCUT2D eigenvalue weighted by atomic mass is 10.2. The van der Waals surface area contributed by atoms with Crippen molar-refractivity contribution in [1.82, 2.24) is 4.98 Å². The average molecular weight is 295 g/mol. The number of esters is 1. The van der Waals surface area contributed by atoms with Crippen molar-refractivity contribution in [2.45, 2.75) is 12.8 Å². The maximum atomic E-state index is 11.4.